The molecule has 0 unspecified atom stereocenters. The maximum atomic E-state index is 12.0. The van der Waals surface area contributed by atoms with Crippen molar-refractivity contribution in [1.29, 1.82) is 0 Å². The van der Waals surface area contributed by atoms with Gasteiger partial charge in [0.25, 0.3) is 0 Å². The van der Waals surface area contributed by atoms with Crippen LogP contribution in [0.5, 0.6) is 0 Å². The average molecular weight is 593 g/mol. The molecule has 4 aliphatic rings. The number of ether oxygens (including phenoxy) is 5. The van der Waals surface area contributed by atoms with Crippen LogP contribution in [0.25, 0.3) is 0 Å². The maximum Gasteiger partial charge on any atom is 0.335 e. The summed E-state index contributed by atoms with van der Waals surface area (Å²) >= 11 is 0. The van der Waals surface area contributed by atoms with E-state index in [2.05, 4.69) is 0 Å². The monoisotopic (exact) mass is 592 g/mol. The zero-order chi connectivity index (χ0) is 29.8. The van der Waals surface area contributed by atoms with E-state index in [4.69, 9.17) is 23.7 Å². The number of rotatable bonds is 10. The fourth-order valence-corrected chi connectivity index (χ4v) is 6.29. The first kappa shape index (κ1) is 32.5. The number of hydrogen-bond acceptors (Lipinski definition) is 12. The number of carbonyl (C=O) groups is 2. The molecule has 13 atom stereocenters. The molecule has 2 aliphatic heterocycles. The molecule has 41 heavy (non-hydrogen) atoms. The lowest BCUT2D eigenvalue weighted by Crippen LogP contribution is -2.63. The Kier molecular flexibility index (Phi) is 11.4. The van der Waals surface area contributed by atoms with Gasteiger partial charge in [0, 0.05) is 0 Å². The van der Waals surface area contributed by atoms with E-state index in [0.29, 0.717) is 19.3 Å². The Morgan fingerprint density at radius 2 is 1.29 bits per heavy atom. The molecule has 0 amide bonds. The molecule has 2 heterocycles. The van der Waals surface area contributed by atoms with Gasteiger partial charge in [0.1, 0.15) is 36.6 Å². The highest BCUT2D eigenvalue weighted by Crippen LogP contribution is 2.34. The maximum absolute atomic E-state index is 12.0. The summed E-state index contributed by atoms with van der Waals surface area (Å²) < 4.78 is 28.7. The van der Waals surface area contributed by atoms with Crippen LogP contribution in [-0.4, -0.2) is 127 Å². The summed E-state index contributed by atoms with van der Waals surface area (Å²) in [5.74, 6) is -2.72. The Morgan fingerprint density at radius 3 is 1.85 bits per heavy atom. The second-order valence-electron chi connectivity index (χ2n) is 11.7. The third-order valence-electron chi connectivity index (χ3n) is 8.72. The van der Waals surface area contributed by atoms with E-state index in [1.165, 1.54) is 6.92 Å². The van der Waals surface area contributed by atoms with E-state index in [0.717, 1.165) is 38.5 Å². The quantitative estimate of drug-likeness (QED) is 0.170. The third-order valence-corrected chi connectivity index (χ3v) is 8.72. The van der Waals surface area contributed by atoms with E-state index in [9.17, 15) is 45.3 Å². The van der Waals surface area contributed by atoms with Gasteiger partial charge < -0.3 is 59.4 Å². The second kappa shape index (κ2) is 14.3. The normalized spacial score (nSPS) is 43.4. The lowest BCUT2D eigenvalue weighted by molar-refractivity contribution is -0.341. The van der Waals surface area contributed by atoms with Crippen LogP contribution < -0.4 is 0 Å². The topological polar surface area (TPSA) is 222 Å². The molecular weight excluding hydrogens is 548 g/mol. The molecule has 4 fully saturated rings. The van der Waals surface area contributed by atoms with Crippen LogP contribution in [0.3, 0.4) is 0 Å². The first-order valence-electron chi connectivity index (χ1n) is 14.6. The number of hydrogen-bond donors (Lipinski definition) is 7. The Balaban J connectivity index is 1.47. The predicted molar refractivity (Wildman–Crippen MR) is 136 cm³/mol. The van der Waals surface area contributed by atoms with Crippen LogP contribution >= 0.6 is 0 Å². The molecule has 2 saturated carbocycles. The summed E-state index contributed by atoms with van der Waals surface area (Å²) in [7, 11) is 0. The number of carboxylic acids is 2. The molecule has 0 radical (unpaired) electrons. The van der Waals surface area contributed by atoms with E-state index < -0.39 is 91.7 Å². The summed E-state index contributed by atoms with van der Waals surface area (Å²) in [5.41, 5.74) is 0. The van der Waals surface area contributed by atoms with E-state index in [1.807, 2.05) is 0 Å². The van der Waals surface area contributed by atoms with Crippen molar-refractivity contribution in [1.82, 2.24) is 0 Å². The molecule has 14 heteroatoms. The zero-order valence-electron chi connectivity index (χ0n) is 23.1. The minimum absolute atomic E-state index is 0.0983. The summed E-state index contributed by atoms with van der Waals surface area (Å²) in [4.78, 5) is 24.0. The Bertz CT molecular complexity index is 867. The minimum Gasteiger partial charge on any atom is -0.479 e. The number of aliphatic hydroxyl groups excluding tert-OH is 5. The van der Waals surface area contributed by atoms with Crippen LogP contribution in [0.2, 0.25) is 0 Å². The standard InChI is InChI=1S/C27H44O14/c1-12-17(28)18(29)19(30)26(37-12)39-14-9-5-6-10-15(14)40-27-21(32)22(20(31)23(41-27)25(35)36)38-16(24(33)34)11-13-7-3-2-4-8-13/h12-23,26-32H,2-11H2,1H3,(H,33,34)(H,35,36)/t12-,14+,15+,16-,17+,18-,19-,20+,21-,22-,23+,26-,27+/m0/s1. The van der Waals surface area contributed by atoms with Crippen LogP contribution in [0.15, 0.2) is 0 Å². The van der Waals surface area contributed by atoms with Crippen LogP contribution in [0, 0.1) is 5.92 Å². The Morgan fingerprint density at radius 1 is 0.732 bits per heavy atom. The van der Waals surface area contributed by atoms with Crippen molar-refractivity contribution in [3.63, 3.8) is 0 Å². The summed E-state index contributed by atoms with van der Waals surface area (Å²) in [6.45, 7) is 1.52. The fraction of sp³-hybridized carbons (Fsp3) is 0.926. The van der Waals surface area contributed by atoms with Crippen molar-refractivity contribution in [2.24, 2.45) is 5.92 Å². The van der Waals surface area contributed by atoms with Crippen molar-refractivity contribution in [2.45, 2.75) is 151 Å². The molecule has 236 valence electrons. The highest BCUT2D eigenvalue weighted by atomic mass is 16.7. The SMILES string of the molecule is C[C@@H]1O[C@@H](O[C@@H]2CCCC[C@H]2O[C@@H]2O[C@@H](C(=O)O)[C@H](O)[C@H](O[C@@H](CC3CCCCC3)C(=O)O)[C@@H]2O)[C@@H](O)[C@@H](O)[C@@H]1O. The van der Waals surface area contributed by atoms with E-state index >= 15 is 0 Å². The van der Waals surface area contributed by atoms with Crippen molar-refractivity contribution >= 4 is 11.9 Å². The van der Waals surface area contributed by atoms with E-state index in [1.54, 1.807) is 0 Å². The molecule has 0 spiro atoms. The van der Waals surface area contributed by atoms with Gasteiger partial charge in [0.15, 0.2) is 24.8 Å². The second-order valence-corrected chi connectivity index (χ2v) is 11.7. The zero-order valence-corrected chi connectivity index (χ0v) is 23.1. The van der Waals surface area contributed by atoms with Gasteiger partial charge in [-0.1, -0.05) is 44.9 Å². The van der Waals surface area contributed by atoms with Gasteiger partial charge in [-0.15, -0.1) is 0 Å². The van der Waals surface area contributed by atoms with Gasteiger partial charge in [-0.3, -0.25) is 0 Å². The Labute approximate surface area is 238 Å². The highest BCUT2D eigenvalue weighted by molar-refractivity contribution is 5.74. The largest absolute Gasteiger partial charge is 0.479 e. The van der Waals surface area contributed by atoms with Gasteiger partial charge >= 0.3 is 11.9 Å². The molecule has 14 nitrogen and oxygen atoms in total. The van der Waals surface area contributed by atoms with Crippen molar-refractivity contribution in [3.8, 4) is 0 Å². The van der Waals surface area contributed by atoms with Gasteiger partial charge in [-0.05, 0) is 32.1 Å². The summed E-state index contributed by atoms with van der Waals surface area (Å²) in [6, 6.07) is 0. The summed E-state index contributed by atoms with van der Waals surface area (Å²) in [5, 5.41) is 71.9. The molecule has 2 saturated heterocycles. The summed E-state index contributed by atoms with van der Waals surface area (Å²) in [6.07, 6.45) is -10.9. The third kappa shape index (κ3) is 7.74. The molecule has 2 aliphatic carbocycles. The average Bonchev–Trinajstić information content (AvgIpc) is 2.94. The van der Waals surface area contributed by atoms with Crippen LogP contribution in [0.1, 0.15) is 71.1 Å². The Hall–Kier alpha value is -1.46. The van der Waals surface area contributed by atoms with Gasteiger partial charge in [-0.2, -0.15) is 0 Å². The van der Waals surface area contributed by atoms with E-state index in [-0.39, 0.29) is 12.3 Å². The highest BCUT2D eigenvalue weighted by Gasteiger charge is 2.52. The van der Waals surface area contributed by atoms with Crippen molar-refractivity contribution in [3.05, 3.63) is 0 Å². The first-order valence-corrected chi connectivity index (χ1v) is 14.6. The van der Waals surface area contributed by atoms with Crippen molar-refractivity contribution in [2.75, 3.05) is 0 Å². The van der Waals surface area contributed by atoms with Gasteiger partial charge in [-0.25, -0.2) is 9.59 Å². The fourth-order valence-electron chi connectivity index (χ4n) is 6.29. The lowest BCUT2D eigenvalue weighted by atomic mass is 9.85. The molecule has 7 N–H and O–H groups in total. The molecular formula is C27H44O14. The predicted octanol–water partition coefficient (Wildman–Crippen LogP) is -0.502. The van der Waals surface area contributed by atoms with Crippen LogP contribution in [0.4, 0.5) is 0 Å². The molecule has 0 bridgehead atoms. The van der Waals surface area contributed by atoms with Crippen molar-refractivity contribution < 1.29 is 69.0 Å². The molecule has 4 rings (SSSR count). The molecule has 0 aromatic heterocycles. The number of carboxylic acid groups (broad SMARTS) is 2. The molecule has 0 aromatic carbocycles. The smallest absolute Gasteiger partial charge is 0.335 e. The van der Waals surface area contributed by atoms with Gasteiger partial charge in [0.05, 0.1) is 18.3 Å². The number of aliphatic carboxylic acids is 2. The van der Waals surface area contributed by atoms with Crippen LogP contribution in [-0.2, 0) is 33.3 Å². The number of aliphatic hydroxyl groups is 5. The lowest BCUT2D eigenvalue weighted by Gasteiger charge is -2.45. The van der Waals surface area contributed by atoms with Gasteiger partial charge in [0.2, 0.25) is 0 Å². The minimum atomic E-state index is -1.87. The molecule has 0 aromatic rings. The first-order chi connectivity index (χ1) is 19.5.